The van der Waals surface area contributed by atoms with E-state index in [9.17, 15) is 19.2 Å². The Labute approximate surface area is 228 Å². The van der Waals surface area contributed by atoms with Crippen molar-refractivity contribution < 1.29 is 29.4 Å². The van der Waals surface area contributed by atoms with Crippen LogP contribution in [0.5, 0.6) is 0 Å². The van der Waals surface area contributed by atoms with Crippen molar-refractivity contribution in [3.05, 3.63) is 35.4 Å². The van der Waals surface area contributed by atoms with Crippen LogP contribution in [-0.2, 0) is 20.9 Å². The molecule has 0 saturated heterocycles. The van der Waals surface area contributed by atoms with Crippen LogP contribution < -0.4 is 5.32 Å². The highest BCUT2D eigenvalue weighted by Gasteiger charge is 2.15. The quantitative estimate of drug-likeness (QED) is 0.145. The smallest absolute Gasteiger partial charge is 0.305 e. The molecule has 0 fully saturated rings. The molecular weight excluding hydrogens is 484 g/mol. The number of carboxylic acid groups (broad SMARTS) is 2. The highest BCUT2D eigenvalue weighted by molar-refractivity contribution is 5.93. The van der Waals surface area contributed by atoms with E-state index in [1.165, 1.54) is 51.4 Å². The van der Waals surface area contributed by atoms with Crippen molar-refractivity contribution in [2.45, 2.75) is 116 Å². The van der Waals surface area contributed by atoms with Crippen molar-refractivity contribution in [2.75, 3.05) is 13.6 Å². The normalized spacial score (nSPS) is 10.8. The number of unbranched alkanes of at least 4 members (excludes halogenated alkanes) is 13. The van der Waals surface area contributed by atoms with E-state index < -0.39 is 11.9 Å². The summed E-state index contributed by atoms with van der Waals surface area (Å²) in [7, 11) is 1.57. The molecule has 1 aromatic carbocycles. The van der Waals surface area contributed by atoms with Crippen LogP contribution >= 0.6 is 0 Å². The zero-order chi connectivity index (χ0) is 28.0. The molecule has 2 amide bonds. The fraction of sp³-hybridized carbons (Fsp3) is 0.667. The standard InChI is InChI=1S/C30H48N2O6/c1-31-30(38)26-20-18-25(19-21-26)24-32(23-22-29(36)37)27(33)16-14-12-10-8-6-4-2-3-5-7-9-11-13-15-17-28(34)35/h18-21H,2-17,22-24H2,1H3,(H,31,38)(H,34,35)(H,36,37). The molecule has 0 aliphatic carbocycles. The molecule has 38 heavy (non-hydrogen) atoms. The van der Waals surface area contributed by atoms with Gasteiger partial charge in [0, 0.05) is 38.5 Å². The van der Waals surface area contributed by atoms with Gasteiger partial charge < -0.3 is 20.4 Å². The molecular formula is C30H48N2O6. The van der Waals surface area contributed by atoms with E-state index in [1.54, 1.807) is 36.2 Å². The summed E-state index contributed by atoms with van der Waals surface area (Å²) in [6.45, 7) is 0.515. The van der Waals surface area contributed by atoms with Crippen LogP contribution in [0.15, 0.2) is 24.3 Å². The van der Waals surface area contributed by atoms with Gasteiger partial charge in [-0.3, -0.25) is 19.2 Å². The van der Waals surface area contributed by atoms with Gasteiger partial charge >= 0.3 is 11.9 Å². The lowest BCUT2D eigenvalue weighted by Crippen LogP contribution is -2.32. The predicted molar refractivity (Wildman–Crippen MR) is 149 cm³/mol. The Hall–Kier alpha value is -2.90. The summed E-state index contributed by atoms with van der Waals surface area (Å²) >= 11 is 0. The molecule has 3 N–H and O–H groups in total. The summed E-state index contributed by atoms with van der Waals surface area (Å²) in [6.07, 6.45) is 16.4. The van der Waals surface area contributed by atoms with Crippen molar-refractivity contribution in [2.24, 2.45) is 0 Å². The molecule has 0 unspecified atom stereocenters. The number of aliphatic carboxylic acids is 2. The summed E-state index contributed by atoms with van der Waals surface area (Å²) in [5.41, 5.74) is 1.41. The van der Waals surface area contributed by atoms with Gasteiger partial charge in [-0.1, -0.05) is 89.2 Å². The minimum absolute atomic E-state index is 0.0245. The minimum Gasteiger partial charge on any atom is -0.481 e. The van der Waals surface area contributed by atoms with Gasteiger partial charge in [-0.15, -0.1) is 0 Å². The van der Waals surface area contributed by atoms with Crippen LogP contribution in [0.1, 0.15) is 125 Å². The van der Waals surface area contributed by atoms with E-state index in [-0.39, 0.29) is 24.8 Å². The molecule has 0 atom stereocenters. The van der Waals surface area contributed by atoms with E-state index in [1.807, 2.05) is 0 Å². The van der Waals surface area contributed by atoms with Gasteiger partial charge in [-0.2, -0.15) is 0 Å². The fourth-order valence-corrected chi connectivity index (χ4v) is 4.48. The number of nitrogens with zero attached hydrogens (tertiary/aromatic N) is 1. The van der Waals surface area contributed by atoms with Crippen molar-refractivity contribution in [1.29, 1.82) is 0 Å². The van der Waals surface area contributed by atoms with Gasteiger partial charge in [0.2, 0.25) is 5.91 Å². The monoisotopic (exact) mass is 532 g/mol. The molecule has 0 saturated carbocycles. The predicted octanol–water partition coefficient (Wildman–Crippen LogP) is 6.18. The summed E-state index contributed by atoms with van der Waals surface area (Å²) in [6, 6.07) is 7.02. The van der Waals surface area contributed by atoms with Crippen molar-refractivity contribution in [1.82, 2.24) is 10.2 Å². The third-order valence-electron chi connectivity index (χ3n) is 6.80. The minimum atomic E-state index is -0.925. The molecule has 0 spiro atoms. The third-order valence-corrected chi connectivity index (χ3v) is 6.80. The zero-order valence-corrected chi connectivity index (χ0v) is 23.2. The van der Waals surface area contributed by atoms with Crippen LogP contribution in [-0.4, -0.2) is 52.5 Å². The second-order valence-electron chi connectivity index (χ2n) is 10.1. The second-order valence-corrected chi connectivity index (χ2v) is 10.1. The third kappa shape index (κ3) is 16.8. The zero-order valence-electron chi connectivity index (χ0n) is 23.2. The number of hydrogen-bond acceptors (Lipinski definition) is 4. The molecule has 0 aromatic heterocycles. The van der Waals surface area contributed by atoms with Crippen LogP contribution in [0.3, 0.4) is 0 Å². The Bertz CT molecular complexity index is 825. The van der Waals surface area contributed by atoms with Gasteiger partial charge in [-0.25, -0.2) is 0 Å². The van der Waals surface area contributed by atoms with Crippen LogP contribution in [0.25, 0.3) is 0 Å². The number of rotatable bonds is 23. The average molecular weight is 533 g/mol. The highest BCUT2D eigenvalue weighted by Crippen LogP contribution is 2.15. The largest absolute Gasteiger partial charge is 0.481 e. The molecule has 0 aliphatic heterocycles. The lowest BCUT2D eigenvalue weighted by atomic mass is 10.0. The first-order valence-corrected chi connectivity index (χ1v) is 14.4. The number of hydrogen-bond donors (Lipinski definition) is 3. The number of carboxylic acids is 2. The lowest BCUT2D eigenvalue weighted by molar-refractivity contribution is -0.139. The van der Waals surface area contributed by atoms with Gasteiger partial charge in [0.1, 0.15) is 0 Å². The molecule has 0 radical (unpaired) electrons. The second kappa shape index (κ2) is 21.1. The van der Waals surface area contributed by atoms with Crippen molar-refractivity contribution in [3.8, 4) is 0 Å². The van der Waals surface area contributed by atoms with Gasteiger partial charge in [0.05, 0.1) is 6.42 Å². The van der Waals surface area contributed by atoms with Gasteiger partial charge in [0.15, 0.2) is 0 Å². The van der Waals surface area contributed by atoms with E-state index >= 15 is 0 Å². The maximum Gasteiger partial charge on any atom is 0.305 e. The number of carbonyl (C=O) groups excluding carboxylic acids is 2. The van der Waals surface area contributed by atoms with Gasteiger partial charge in [0.25, 0.3) is 5.91 Å². The van der Waals surface area contributed by atoms with E-state index in [2.05, 4.69) is 5.32 Å². The maximum atomic E-state index is 12.8. The molecule has 0 heterocycles. The van der Waals surface area contributed by atoms with Crippen molar-refractivity contribution >= 4 is 23.8 Å². The first-order chi connectivity index (χ1) is 18.3. The van der Waals surface area contributed by atoms with Crippen LogP contribution in [0.4, 0.5) is 0 Å². The average Bonchev–Trinajstić information content (AvgIpc) is 2.90. The Balaban J connectivity index is 2.15. The molecule has 8 nitrogen and oxygen atoms in total. The molecule has 0 bridgehead atoms. The molecule has 1 aromatic rings. The van der Waals surface area contributed by atoms with Crippen LogP contribution in [0, 0.1) is 0 Å². The Kier molecular flexibility index (Phi) is 18.4. The van der Waals surface area contributed by atoms with E-state index in [0.717, 1.165) is 44.1 Å². The molecule has 1 rings (SSSR count). The topological polar surface area (TPSA) is 124 Å². The Morgan fingerprint density at radius 2 is 1.05 bits per heavy atom. The lowest BCUT2D eigenvalue weighted by Gasteiger charge is -2.22. The molecule has 0 aliphatic rings. The first kappa shape index (κ1) is 33.1. The molecule has 214 valence electrons. The summed E-state index contributed by atoms with van der Waals surface area (Å²) in [5.74, 6) is -1.82. The number of nitrogens with one attached hydrogen (secondary N) is 1. The maximum absolute atomic E-state index is 12.8. The summed E-state index contributed by atoms with van der Waals surface area (Å²) in [5, 5.41) is 20.3. The van der Waals surface area contributed by atoms with Crippen molar-refractivity contribution in [3.63, 3.8) is 0 Å². The van der Waals surface area contributed by atoms with Crippen LogP contribution in [0.2, 0.25) is 0 Å². The number of carbonyl (C=O) groups is 4. The fourth-order valence-electron chi connectivity index (χ4n) is 4.48. The SMILES string of the molecule is CNC(=O)c1ccc(CN(CCC(=O)O)C(=O)CCCCCCCCCCCCCCCCC(=O)O)cc1. The van der Waals surface area contributed by atoms with Gasteiger partial charge in [-0.05, 0) is 30.5 Å². The van der Waals surface area contributed by atoms with E-state index in [0.29, 0.717) is 24.9 Å². The number of amides is 2. The number of benzene rings is 1. The highest BCUT2D eigenvalue weighted by atomic mass is 16.4. The van der Waals surface area contributed by atoms with E-state index in [4.69, 9.17) is 10.2 Å². The Morgan fingerprint density at radius 1 is 0.632 bits per heavy atom. The Morgan fingerprint density at radius 3 is 1.47 bits per heavy atom. The first-order valence-electron chi connectivity index (χ1n) is 14.4. The molecule has 8 heteroatoms. The summed E-state index contributed by atoms with van der Waals surface area (Å²) in [4.78, 5) is 47.6. The summed E-state index contributed by atoms with van der Waals surface area (Å²) < 4.78 is 0.